The van der Waals surface area contributed by atoms with Crippen molar-refractivity contribution < 1.29 is 4.52 Å². The summed E-state index contributed by atoms with van der Waals surface area (Å²) in [5.74, 6) is 2.93. The predicted molar refractivity (Wildman–Crippen MR) is 118 cm³/mol. The smallest absolute Gasteiger partial charge is 0.194 e. The minimum Gasteiger partial charge on any atom is -0.359 e. The lowest BCUT2D eigenvalue weighted by Gasteiger charge is -2.24. The normalized spacial score (nSPS) is 17.9. The lowest BCUT2D eigenvalue weighted by atomic mass is 10.1. The lowest BCUT2D eigenvalue weighted by Crippen LogP contribution is -2.40. The van der Waals surface area contributed by atoms with Gasteiger partial charge in [-0.1, -0.05) is 32.9 Å². The first kappa shape index (κ1) is 23.2. The molecule has 150 valence electrons. The summed E-state index contributed by atoms with van der Waals surface area (Å²) < 4.78 is 5.41. The van der Waals surface area contributed by atoms with Crippen LogP contribution in [0, 0.1) is 5.92 Å². The fourth-order valence-electron chi connectivity index (χ4n) is 3.28. The molecule has 1 atom stereocenters. The highest BCUT2D eigenvalue weighted by Gasteiger charge is 2.26. The molecule has 0 aliphatic carbocycles. The van der Waals surface area contributed by atoms with Gasteiger partial charge in [0.25, 0.3) is 0 Å². The van der Waals surface area contributed by atoms with Crippen LogP contribution in [0.15, 0.2) is 15.6 Å². The van der Waals surface area contributed by atoms with E-state index >= 15 is 0 Å². The highest BCUT2D eigenvalue weighted by Crippen LogP contribution is 2.18. The molecule has 0 radical (unpaired) electrons. The molecule has 1 saturated heterocycles. The first-order valence-corrected chi connectivity index (χ1v) is 9.78. The van der Waals surface area contributed by atoms with Crippen LogP contribution in [0.3, 0.4) is 0 Å². The maximum Gasteiger partial charge on any atom is 0.194 e. The van der Waals surface area contributed by atoms with E-state index in [-0.39, 0.29) is 24.0 Å². The molecule has 7 heteroatoms. The molecule has 1 fully saturated rings. The van der Waals surface area contributed by atoms with Crippen molar-refractivity contribution in [2.75, 3.05) is 39.3 Å². The molecule has 0 aromatic carbocycles. The van der Waals surface area contributed by atoms with Crippen LogP contribution < -0.4 is 5.32 Å². The van der Waals surface area contributed by atoms with Crippen LogP contribution in [0.25, 0.3) is 0 Å². The van der Waals surface area contributed by atoms with Gasteiger partial charge in [-0.05, 0) is 38.3 Å². The molecule has 2 heterocycles. The molecule has 0 bridgehead atoms. The van der Waals surface area contributed by atoms with Gasteiger partial charge in [0, 0.05) is 32.2 Å². The fraction of sp³-hybridized carbons (Fsp3) is 0.789. The maximum absolute atomic E-state index is 5.41. The number of hydrogen-bond acceptors (Lipinski definition) is 4. The van der Waals surface area contributed by atoms with E-state index in [1.165, 1.54) is 13.0 Å². The van der Waals surface area contributed by atoms with E-state index in [2.05, 4.69) is 54.9 Å². The van der Waals surface area contributed by atoms with Gasteiger partial charge in [-0.2, -0.15) is 0 Å². The summed E-state index contributed by atoms with van der Waals surface area (Å²) in [6.07, 6.45) is 1.24. The molecule has 1 aliphatic heterocycles. The summed E-state index contributed by atoms with van der Waals surface area (Å²) in [5.41, 5.74) is 0.996. The topological polar surface area (TPSA) is 56.9 Å². The zero-order valence-electron chi connectivity index (χ0n) is 17.0. The fourth-order valence-corrected chi connectivity index (χ4v) is 3.28. The van der Waals surface area contributed by atoms with Crippen molar-refractivity contribution in [3.05, 3.63) is 17.5 Å². The number of guanidine groups is 1. The lowest BCUT2D eigenvalue weighted by molar-refractivity contribution is 0.255. The molecular weight excluding hydrogens is 441 g/mol. The number of rotatable bonds is 8. The summed E-state index contributed by atoms with van der Waals surface area (Å²) in [6.45, 7) is 17.9. The van der Waals surface area contributed by atoms with Crippen molar-refractivity contribution in [2.45, 2.75) is 53.5 Å². The number of nitrogens with one attached hydrogen (secondary N) is 1. The van der Waals surface area contributed by atoms with Crippen molar-refractivity contribution in [3.8, 4) is 0 Å². The SMILES string of the molecule is CCNC(=NCc1cc(C(C)C)no1)N1CCC(CN(CC)CC)C1.I. The predicted octanol–water partition coefficient (Wildman–Crippen LogP) is 3.55. The van der Waals surface area contributed by atoms with E-state index in [1.54, 1.807) is 0 Å². The summed E-state index contributed by atoms with van der Waals surface area (Å²) in [5, 5.41) is 7.54. The Morgan fingerprint density at radius 2 is 2.12 bits per heavy atom. The summed E-state index contributed by atoms with van der Waals surface area (Å²) in [6, 6.07) is 2.02. The monoisotopic (exact) mass is 477 g/mol. The third-order valence-corrected chi connectivity index (χ3v) is 4.88. The van der Waals surface area contributed by atoms with Gasteiger partial charge in [0.1, 0.15) is 6.54 Å². The van der Waals surface area contributed by atoms with Crippen LogP contribution in [0.4, 0.5) is 0 Å². The Balaban J connectivity index is 0.00000338. The minimum atomic E-state index is 0. The molecule has 1 unspecified atom stereocenters. The highest BCUT2D eigenvalue weighted by atomic mass is 127. The Morgan fingerprint density at radius 1 is 1.38 bits per heavy atom. The summed E-state index contributed by atoms with van der Waals surface area (Å²) >= 11 is 0. The molecule has 6 nitrogen and oxygen atoms in total. The van der Waals surface area contributed by atoms with E-state index in [4.69, 9.17) is 9.52 Å². The largest absolute Gasteiger partial charge is 0.359 e. The minimum absolute atomic E-state index is 0. The summed E-state index contributed by atoms with van der Waals surface area (Å²) in [4.78, 5) is 9.68. The van der Waals surface area contributed by atoms with Crippen LogP contribution in [-0.2, 0) is 6.54 Å². The quantitative estimate of drug-likeness (QED) is 0.353. The van der Waals surface area contributed by atoms with E-state index in [0.29, 0.717) is 12.5 Å². The first-order valence-electron chi connectivity index (χ1n) is 9.78. The molecule has 26 heavy (non-hydrogen) atoms. The molecule has 2 rings (SSSR count). The number of aromatic nitrogens is 1. The number of nitrogens with zero attached hydrogens (tertiary/aromatic N) is 4. The average Bonchev–Trinajstić information content (AvgIpc) is 3.26. The molecule has 1 N–H and O–H groups in total. The Labute approximate surface area is 175 Å². The maximum atomic E-state index is 5.41. The molecule has 0 spiro atoms. The molecule has 0 amide bonds. The van der Waals surface area contributed by atoms with Crippen molar-refractivity contribution in [2.24, 2.45) is 10.9 Å². The molecule has 1 aromatic rings. The Hall–Kier alpha value is -0.830. The van der Waals surface area contributed by atoms with E-state index in [9.17, 15) is 0 Å². The average molecular weight is 477 g/mol. The van der Waals surface area contributed by atoms with Crippen molar-refractivity contribution in [1.29, 1.82) is 0 Å². The van der Waals surface area contributed by atoms with Gasteiger partial charge in [-0.3, -0.25) is 0 Å². The molecular formula is C19H36IN5O. The van der Waals surface area contributed by atoms with Crippen molar-refractivity contribution in [3.63, 3.8) is 0 Å². The molecule has 1 aromatic heterocycles. The van der Waals surface area contributed by atoms with Crippen LogP contribution in [-0.4, -0.2) is 60.2 Å². The van der Waals surface area contributed by atoms with Crippen LogP contribution in [0.2, 0.25) is 0 Å². The van der Waals surface area contributed by atoms with E-state index in [1.807, 2.05) is 6.07 Å². The Kier molecular flexibility index (Phi) is 10.5. The van der Waals surface area contributed by atoms with Gasteiger partial charge in [-0.25, -0.2) is 4.99 Å². The summed E-state index contributed by atoms with van der Waals surface area (Å²) in [7, 11) is 0. The van der Waals surface area contributed by atoms with E-state index < -0.39 is 0 Å². The van der Waals surface area contributed by atoms with Gasteiger partial charge in [0.05, 0.1) is 5.69 Å². The number of aliphatic imine (C=N–C) groups is 1. The zero-order chi connectivity index (χ0) is 18.2. The number of likely N-dealkylation sites (tertiary alicyclic amines) is 1. The Bertz CT molecular complexity index is 542. The molecule has 0 saturated carbocycles. The third kappa shape index (κ3) is 6.72. The van der Waals surface area contributed by atoms with Gasteiger partial charge >= 0.3 is 0 Å². The van der Waals surface area contributed by atoms with Gasteiger partial charge < -0.3 is 19.6 Å². The van der Waals surface area contributed by atoms with Crippen molar-refractivity contribution >= 4 is 29.9 Å². The first-order chi connectivity index (χ1) is 12.1. The van der Waals surface area contributed by atoms with Gasteiger partial charge in [0.2, 0.25) is 0 Å². The van der Waals surface area contributed by atoms with Crippen LogP contribution in [0.5, 0.6) is 0 Å². The number of hydrogen-bond donors (Lipinski definition) is 1. The second kappa shape index (κ2) is 11.8. The second-order valence-corrected chi connectivity index (χ2v) is 7.13. The van der Waals surface area contributed by atoms with Gasteiger partial charge in [-0.15, -0.1) is 24.0 Å². The Morgan fingerprint density at radius 3 is 2.69 bits per heavy atom. The van der Waals surface area contributed by atoms with Crippen molar-refractivity contribution in [1.82, 2.24) is 20.3 Å². The van der Waals surface area contributed by atoms with E-state index in [0.717, 1.165) is 56.1 Å². The third-order valence-electron chi connectivity index (χ3n) is 4.88. The second-order valence-electron chi connectivity index (χ2n) is 7.13. The number of halogens is 1. The standard InChI is InChI=1S/C19H35N5O.HI/c1-6-20-19(21-12-17-11-18(15(4)5)22-25-17)24-10-9-16(14-24)13-23(7-2)8-3;/h11,15-16H,6-10,12-14H2,1-5H3,(H,20,21);1H. The van der Waals surface area contributed by atoms with Gasteiger partial charge in [0.15, 0.2) is 11.7 Å². The zero-order valence-corrected chi connectivity index (χ0v) is 19.3. The molecule has 1 aliphatic rings. The highest BCUT2D eigenvalue weighted by molar-refractivity contribution is 14.0. The van der Waals surface area contributed by atoms with Crippen LogP contribution in [0.1, 0.15) is 58.4 Å². The van der Waals surface area contributed by atoms with Crippen LogP contribution >= 0.6 is 24.0 Å².